The fourth-order valence-electron chi connectivity index (χ4n) is 1.85. The van der Waals surface area contributed by atoms with Crippen LogP contribution in [0.5, 0.6) is 0 Å². The first-order valence-electron chi connectivity index (χ1n) is 8.71. The summed E-state index contributed by atoms with van der Waals surface area (Å²) in [5.41, 5.74) is 5.63. The molecule has 1 heteroatoms. The number of benzene rings is 2. The van der Waals surface area contributed by atoms with E-state index in [0.29, 0.717) is 5.92 Å². The third-order valence-corrected chi connectivity index (χ3v) is 4.28. The molecule has 0 aromatic heterocycles. The summed E-state index contributed by atoms with van der Waals surface area (Å²) in [6.07, 6.45) is 3.23. The molecule has 0 spiro atoms. The maximum atomic E-state index is 3.39. The molecule has 2 aromatic carbocycles. The molecule has 0 radical (unpaired) electrons. The van der Waals surface area contributed by atoms with E-state index in [-0.39, 0.29) is 0 Å². The van der Waals surface area contributed by atoms with Gasteiger partial charge in [0.25, 0.3) is 0 Å². The van der Waals surface area contributed by atoms with E-state index in [2.05, 4.69) is 112 Å². The van der Waals surface area contributed by atoms with Gasteiger partial charge in [-0.25, -0.2) is 0 Å². The van der Waals surface area contributed by atoms with Gasteiger partial charge in [-0.05, 0) is 68.9 Å². The average Bonchev–Trinajstić information content (AvgIpc) is 2.57. The van der Waals surface area contributed by atoms with Gasteiger partial charge in [0.05, 0.1) is 0 Å². The molecule has 0 aliphatic carbocycles. The number of aryl methyl sites for hydroxylation is 2. The first-order chi connectivity index (χ1) is 11.3. The van der Waals surface area contributed by atoms with Gasteiger partial charge in [0.15, 0.2) is 0 Å². The van der Waals surface area contributed by atoms with Crippen molar-refractivity contribution < 1.29 is 0 Å². The van der Waals surface area contributed by atoms with Gasteiger partial charge in [0.2, 0.25) is 0 Å². The highest BCUT2D eigenvalue weighted by atomic mass is 79.9. The molecule has 0 aliphatic rings. The Balaban J connectivity index is 0.000000351. The lowest BCUT2D eigenvalue weighted by Crippen LogP contribution is -1.84. The van der Waals surface area contributed by atoms with E-state index < -0.39 is 0 Å². The predicted octanol–water partition coefficient (Wildman–Crippen LogP) is 8.10. The van der Waals surface area contributed by atoms with Crippen LogP contribution in [0.1, 0.15) is 64.2 Å². The monoisotopic (exact) mass is 388 g/mol. The van der Waals surface area contributed by atoms with Gasteiger partial charge in [-0.2, -0.15) is 0 Å². The molecule has 0 atom stereocenters. The largest absolute Gasteiger partial charge is 0.0890 e. The molecule has 0 aliphatic heterocycles. The Bertz CT molecular complexity index is 588. The summed E-state index contributed by atoms with van der Waals surface area (Å²) in [6.45, 7) is 14.9. The molecular weight excluding hydrogens is 356 g/mol. The molecule has 0 fully saturated rings. The smallest absolute Gasteiger partial charge is 0.0175 e. The summed E-state index contributed by atoms with van der Waals surface area (Å²) in [6, 6.07) is 16.9. The van der Waals surface area contributed by atoms with Crippen LogP contribution < -0.4 is 0 Å². The number of allylic oxidation sites excluding steroid dienone is 2. The molecule has 132 valence electrons. The maximum absolute atomic E-state index is 3.39. The van der Waals surface area contributed by atoms with Crippen LogP contribution in [0.25, 0.3) is 0 Å². The average molecular weight is 389 g/mol. The minimum absolute atomic E-state index is 0.632. The van der Waals surface area contributed by atoms with Crippen LogP contribution in [0.15, 0.2) is 64.7 Å². The van der Waals surface area contributed by atoms with Gasteiger partial charge in [0.1, 0.15) is 0 Å². The Kier molecular flexibility index (Phi) is 12.3. The summed E-state index contributed by atoms with van der Waals surface area (Å²) in [5, 5.41) is 0. The van der Waals surface area contributed by atoms with Crippen molar-refractivity contribution in [3.05, 3.63) is 81.3 Å². The van der Waals surface area contributed by atoms with E-state index in [0.717, 1.165) is 10.9 Å². The number of rotatable bonds is 2. The molecule has 2 aromatic rings. The highest BCUT2D eigenvalue weighted by Crippen LogP contribution is 2.17. The number of hydrogen-bond acceptors (Lipinski definition) is 0. The van der Waals surface area contributed by atoms with Crippen molar-refractivity contribution in [2.45, 2.75) is 60.8 Å². The van der Waals surface area contributed by atoms with Crippen molar-refractivity contribution in [1.29, 1.82) is 0 Å². The van der Waals surface area contributed by atoms with E-state index in [1.54, 1.807) is 0 Å². The van der Waals surface area contributed by atoms with Crippen LogP contribution >= 0.6 is 15.9 Å². The normalized spacial score (nSPS) is 9.38. The summed E-state index contributed by atoms with van der Waals surface area (Å²) in [5.74, 6) is 0.632. The molecule has 0 saturated carbocycles. The SMILES string of the molecule is CC(C)c1ccc(Br)cc1.CC=C(C)C.CCc1ccccc1C. The Morgan fingerprint density at radius 3 is 1.83 bits per heavy atom. The molecule has 24 heavy (non-hydrogen) atoms. The van der Waals surface area contributed by atoms with Gasteiger partial charge in [-0.3, -0.25) is 0 Å². The Morgan fingerprint density at radius 1 is 1.00 bits per heavy atom. The predicted molar refractivity (Wildman–Crippen MR) is 114 cm³/mol. The standard InChI is InChI=1S/C9H11Br.C9H12.C5H10/c1-7(2)8-3-5-9(10)6-4-8;1-3-9-7-5-4-6-8(9)2;1-4-5(2)3/h3-7H,1-2H3;4-7H,3H2,1-2H3;4H,1-3H3. The Labute approximate surface area is 158 Å². The van der Waals surface area contributed by atoms with Crippen LogP contribution in [-0.2, 0) is 6.42 Å². The van der Waals surface area contributed by atoms with Crippen molar-refractivity contribution in [2.24, 2.45) is 0 Å². The fourth-order valence-corrected chi connectivity index (χ4v) is 2.12. The van der Waals surface area contributed by atoms with Crippen LogP contribution in [0.3, 0.4) is 0 Å². The second-order valence-electron chi connectivity index (χ2n) is 6.35. The zero-order valence-electron chi connectivity index (χ0n) is 16.4. The third kappa shape index (κ3) is 10.4. The quantitative estimate of drug-likeness (QED) is 0.455. The van der Waals surface area contributed by atoms with Gasteiger partial charge in [-0.1, -0.05) is 84.7 Å². The first-order valence-corrected chi connectivity index (χ1v) is 9.50. The fraction of sp³-hybridized carbons (Fsp3) is 0.391. The molecule has 0 amide bonds. The van der Waals surface area contributed by atoms with E-state index in [9.17, 15) is 0 Å². The van der Waals surface area contributed by atoms with Crippen molar-refractivity contribution in [3.8, 4) is 0 Å². The van der Waals surface area contributed by atoms with Crippen molar-refractivity contribution in [3.63, 3.8) is 0 Å². The van der Waals surface area contributed by atoms with E-state index in [4.69, 9.17) is 0 Å². The van der Waals surface area contributed by atoms with E-state index in [1.807, 2.05) is 6.92 Å². The van der Waals surface area contributed by atoms with Gasteiger partial charge >= 0.3 is 0 Å². The molecule has 0 N–H and O–H groups in total. The van der Waals surface area contributed by atoms with Crippen LogP contribution in [-0.4, -0.2) is 0 Å². The van der Waals surface area contributed by atoms with Crippen molar-refractivity contribution >= 4 is 15.9 Å². The Morgan fingerprint density at radius 2 is 1.50 bits per heavy atom. The summed E-state index contributed by atoms with van der Waals surface area (Å²) in [4.78, 5) is 0. The van der Waals surface area contributed by atoms with Crippen LogP contribution in [0.4, 0.5) is 0 Å². The molecule has 0 saturated heterocycles. The van der Waals surface area contributed by atoms with E-state index in [1.165, 1.54) is 22.3 Å². The first kappa shape index (κ1) is 22.7. The highest BCUT2D eigenvalue weighted by Gasteiger charge is 1.96. The highest BCUT2D eigenvalue weighted by molar-refractivity contribution is 9.10. The second-order valence-corrected chi connectivity index (χ2v) is 7.27. The maximum Gasteiger partial charge on any atom is 0.0175 e. The molecule has 0 unspecified atom stereocenters. The molecule has 0 bridgehead atoms. The summed E-state index contributed by atoms with van der Waals surface area (Å²) >= 11 is 3.39. The lowest BCUT2D eigenvalue weighted by atomic mass is 10.0. The van der Waals surface area contributed by atoms with Gasteiger partial charge in [0, 0.05) is 4.47 Å². The van der Waals surface area contributed by atoms with Crippen LogP contribution in [0.2, 0.25) is 0 Å². The third-order valence-electron chi connectivity index (χ3n) is 3.76. The molecule has 0 heterocycles. The van der Waals surface area contributed by atoms with Crippen LogP contribution in [0, 0.1) is 6.92 Å². The van der Waals surface area contributed by atoms with Crippen molar-refractivity contribution in [2.75, 3.05) is 0 Å². The second kappa shape index (κ2) is 13.0. The molecular formula is C23H33Br. The summed E-state index contributed by atoms with van der Waals surface area (Å²) < 4.78 is 1.15. The zero-order chi connectivity index (χ0) is 18.5. The lowest BCUT2D eigenvalue weighted by molar-refractivity contribution is 0.866. The van der Waals surface area contributed by atoms with Gasteiger partial charge < -0.3 is 0 Å². The van der Waals surface area contributed by atoms with E-state index >= 15 is 0 Å². The number of halogens is 1. The van der Waals surface area contributed by atoms with Gasteiger partial charge in [-0.15, -0.1) is 0 Å². The minimum Gasteiger partial charge on any atom is -0.0890 e. The number of hydrogen-bond donors (Lipinski definition) is 0. The topological polar surface area (TPSA) is 0 Å². The Hall–Kier alpha value is -1.34. The zero-order valence-corrected chi connectivity index (χ0v) is 17.9. The molecule has 0 nitrogen and oxygen atoms in total. The lowest BCUT2D eigenvalue weighted by Gasteiger charge is -2.03. The summed E-state index contributed by atoms with van der Waals surface area (Å²) in [7, 11) is 0. The minimum atomic E-state index is 0.632. The van der Waals surface area contributed by atoms with Crippen molar-refractivity contribution in [1.82, 2.24) is 0 Å². The molecule has 2 rings (SSSR count).